The molecule has 124 valence electrons. The van der Waals surface area contributed by atoms with Crippen LogP contribution in [-0.2, 0) is 6.54 Å². The Labute approximate surface area is 142 Å². The Morgan fingerprint density at radius 1 is 1.04 bits per heavy atom. The van der Waals surface area contributed by atoms with Gasteiger partial charge >= 0.3 is 0 Å². The molecular weight excluding hydrogens is 299 g/mol. The molecule has 0 aliphatic carbocycles. The van der Waals surface area contributed by atoms with Crippen LogP contribution in [0, 0.1) is 12.7 Å². The average Bonchev–Trinajstić information content (AvgIpc) is 2.90. The van der Waals surface area contributed by atoms with Crippen molar-refractivity contribution in [1.82, 2.24) is 9.88 Å². The number of aromatic nitrogens is 1. The lowest BCUT2D eigenvalue weighted by Crippen LogP contribution is -2.26. The van der Waals surface area contributed by atoms with E-state index >= 15 is 0 Å². The van der Waals surface area contributed by atoms with E-state index in [1.807, 2.05) is 12.1 Å². The number of hydrogen-bond acceptors (Lipinski definition) is 1. The lowest BCUT2D eigenvalue weighted by atomic mass is 9.88. The van der Waals surface area contributed by atoms with Crippen molar-refractivity contribution in [2.24, 2.45) is 0 Å². The van der Waals surface area contributed by atoms with Crippen LogP contribution in [-0.4, -0.2) is 17.7 Å². The summed E-state index contributed by atoms with van der Waals surface area (Å²) in [5, 5.41) is 4.84. The van der Waals surface area contributed by atoms with E-state index in [0.717, 1.165) is 25.2 Å². The second-order valence-electron chi connectivity index (χ2n) is 6.75. The van der Waals surface area contributed by atoms with Crippen LogP contribution in [0.2, 0.25) is 0 Å². The maximum atomic E-state index is 13.2. The van der Waals surface area contributed by atoms with Crippen molar-refractivity contribution in [3.63, 3.8) is 0 Å². The van der Waals surface area contributed by atoms with Crippen molar-refractivity contribution < 1.29 is 4.39 Å². The topological polar surface area (TPSA) is 17.0 Å². The van der Waals surface area contributed by atoms with Crippen molar-refractivity contribution in [3.05, 3.63) is 71.2 Å². The molecule has 3 heteroatoms. The van der Waals surface area contributed by atoms with Crippen molar-refractivity contribution in [2.75, 3.05) is 13.1 Å². The van der Waals surface area contributed by atoms with E-state index in [1.54, 1.807) is 12.1 Å². The predicted octanol–water partition coefficient (Wildman–Crippen LogP) is 4.60. The molecule has 3 aromatic rings. The molecule has 2 heterocycles. The maximum Gasteiger partial charge on any atom is 0.123 e. The molecule has 4 rings (SSSR count). The van der Waals surface area contributed by atoms with Gasteiger partial charge in [0.25, 0.3) is 0 Å². The Morgan fingerprint density at radius 3 is 2.50 bits per heavy atom. The lowest BCUT2D eigenvalue weighted by Gasteiger charge is -2.23. The van der Waals surface area contributed by atoms with Gasteiger partial charge in [0.1, 0.15) is 5.82 Å². The molecule has 1 aliphatic heterocycles. The molecule has 1 aromatic heterocycles. The van der Waals surface area contributed by atoms with Gasteiger partial charge in [-0.25, -0.2) is 4.39 Å². The van der Waals surface area contributed by atoms with E-state index in [9.17, 15) is 4.39 Å². The van der Waals surface area contributed by atoms with Gasteiger partial charge < -0.3 is 9.88 Å². The summed E-state index contributed by atoms with van der Waals surface area (Å²) < 4.78 is 15.6. The molecule has 0 amide bonds. The third kappa shape index (κ3) is 2.73. The first-order valence-electron chi connectivity index (χ1n) is 8.77. The zero-order valence-corrected chi connectivity index (χ0v) is 14.1. The number of fused-ring (bicyclic) bond motifs is 1. The van der Waals surface area contributed by atoms with Crippen LogP contribution in [0.15, 0.2) is 48.5 Å². The highest BCUT2D eigenvalue weighted by Crippen LogP contribution is 2.36. The summed E-state index contributed by atoms with van der Waals surface area (Å²) in [7, 11) is 0. The molecular formula is C21H23FN2. The zero-order valence-electron chi connectivity index (χ0n) is 14.1. The number of hydrogen-bond donors (Lipinski definition) is 1. The maximum absolute atomic E-state index is 13.2. The zero-order chi connectivity index (χ0) is 16.5. The number of para-hydroxylation sites is 1. The number of nitrogens with one attached hydrogen (secondary N) is 1. The van der Waals surface area contributed by atoms with Crippen LogP contribution in [0.1, 0.15) is 35.6 Å². The summed E-state index contributed by atoms with van der Waals surface area (Å²) in [5.41, 5.74) is 5.28. The first-order valence-corrected chi connectivity index (χ1v) is 8.77. The fraction of sp³-hybridized carbons (Fsp3) is 0.333. The van der Waals surface area contributed by atoms with E-state index in [-0.39, 0.29) is 5.82 Å². The van der Waals surface area contributed by atoms with Gasteiger partial charge in [-0.3, -0.25) is 0 Å². The van der Waals surface area contributed by atoms with Gasteiger partial charge in [0.05, 0.1) is 0 Å². The Hall–Kier alpha value is -2.13. The molecule has 0 saturated carbocycles. The number of nitrogens with zero attached hydrogens (tertiary/aromatic N) is 1. The summed E-state index contributed by atoms with van der Waals surface area (Å²) in [5.74, 6) is 0.453. The highest BCUT2D eigenvalue weighted by molar-refractivity contribution is 5.86. The molecule has 1 N–H and O–H groups in total. The summed E-state index contributed by atoms with van der Waals surface area (Å²) >= 11 is 0. The molecule has 1 fully saturated rings. The monoisotopic (exact) mass is 322 g/mol. The largest absolute Gasteiger partial charge is 0.340 e. The molecule has 0 radical (unpaired) electrons. The summed E-state index contributed by atoms with van der Waals surface area (Å²) in [6.45, 7) is 5.22. The van der Waals surface area contributed by atoms with Crippen LogP contribution in [0.5, 0.6) is 0 Å². The van der Waals surface area contributed by atoms with Gasteiger partial charge in [-0.2, -0.15) is 0 Å². The van der Waals surface area contributed by atoms with Crippen molar-refractivity contribution in [3.8, 4) is 0 Å². The highest BCUT2D eigenvalue weighted by atomic mass is 19.1. The number of halogens is 1. The minimum Gasteiger partial charge on any atom is -0.340 e. The van der Waals surface area contributed by atoms with E-state index in [4.69, 9.17) is 0 Å². The summed E-state index contributed by atoms with van der Waals surface area (Å²) in [6.07, 6.45) is 2.40. The number of piperidine rings is 1. The molecule has 0 unspecified atom stereocenters. The fourth-order valence-corrected chi connectivity index (χ4v) is 4.06. The standard InChI is InChI=1S/C21H23FN2/c1-15-21(17-10-12-23-13-11-17)19-4-2-3-5-20(19)24(15)14-16-6-8-18(22)9-7-16/h2-9,17,23H,10-14H2,1H3. The smallest absolute Gasteiger partial charge is 0.123 e. The number of rotatable bonds is 3. The normalized spacial score (nSPS) is 15.9. The van der Waals surface area contributed by atoms with Gasteiger partial charge in [0.2, 0.25) is 0 Å². The lowest BCUT2D eigenvalue weighted by molar-refractivity contribution is 0.460. The Bertz CT molecular complexity index is 842. The average molecular weight is 322 g/mol. The van der Waals surface area contributed by atoms with Gasteiger partial charge in [-0.1, -0.05) is 30.3 Å². The number of benzene rings is 2. The molecule has 2 aromatic carbocycles. The Balaban J connectivity index is 1.80. The molecule has 0 bridgehead atoms. The van der Waals surface area contributed by atoms with Crippen LogP contribution in [0.3, 0.4) is 0 Å². The molecule has 1 saturated heterocycles. The third-order valence-corrected chi connectivity index (χ3v) is 5.28. The van der Waals surface area contributed by atoms with E-state index < -0.39 is 0 Å². The van der Waals surface area contributed by atoms with Crippen LogP contribution >= 0.6 is 0 Å². The fourth-order valence-electron chi connectivity index (χ4n) is 4.06. The molecule has 2 nitrogen and oxygen atoms in total. The van der Waals surface area contributed by atoms with E-state index in [1.165, 1.54) is 35.0 Å². The van der Waals surface area contributed by atoms with Gasteiger partial charge in [-0.15, -0.1) is 0 Å². The first kappa shape index (κ1) is 15.4. The third-order valence-electron chi connectivity index (χ3n) is 5.28. The van der Waals surface area contributed by atoms with Crippen LogP contribution in [0.4, 0.5) is 4.39 Å². The highest BCUT2D eigenvalue weighted by Gasteiger charge is 2.23. The molecule has 0 atom stereocenters. The minimum atomic E-state index is -0.178. The predicted molar refractivity (Wildman–Crippen MR) is 97.0 cm³/mol. The van der Waals surface area contributed by atoms with Crippen LogP contribution in [0.25, 0.3) is 10.9 Å². The van der Waals surface area contributed by atoms with Crippen molar-refractivity contribution >= 4 is 10.9 Å². The quantitative estimate of drug-likeness (QED) is 0.745. The van der Waals surface area contributed by atoms with Gasteiger partial charge in [0, 0.05) is 23.1 Å². The first-order chi connectivity index (χ1) is 11.7. The Morgan fingerprint density at radius 2 is 1.75 bits per heavy atom. The summed E-state index contributed by atoms with van der Waals surface area (Å²) in [6, 6.07) is 15.6. The molecule has 0 spiro atoms. The van der Waals surface area contributed by atoms with E-state index in [2.05, 4.69) is 41.1 Å². The summed E-state index contributed by atoms with van der Waals surface area (Å²) in [4.78, 5) is 0. The second kappa shape index (κ2) is 6.40. The Kier molecular flexibility index (Phi) is 4.11. The van der Waals surface area contributed by atoms with Gasteiger partial charge in [0.15, 0.2) is 0 Å². The van der Waals surface area contributed by atoms with Crippen molar-refractivity contribution in [1.29, 1.82) is 0 Å². The van der Waals surface area contributed by atoms with Crippen LogP contribution < -0.4 is 5.32 Å². The van der Waals surface area contributed by atoms with E-state index in [0.29, 0.717) is 5.92 Å². The molecule has 1 aliphatic rings. The van der Waals surface area contributed by atoms with Crippen molar-refractivity contribution in [2.45, 2.75) is 32.2 Å². The molecule has 24 heavy (non-hydrogen) atoms. The SMILES string of the molecule is Cc1c(C2CCNCC2)c2ccccc2n1Cc1ccc(F)cc1. The minimum absolute atomic E-state index is 0.178. The second-order valence-corrected chi connectivity index (χ2v) is 6.75. The van der Waals surface area contributed by atoms with Gasteiger partial charge in [-0.05, 0) is 68.1 Å².